The van der Waals surface area contributed by atoms with Crippen LogP contribution in [0.25, 0.3) is 0 Å². The molecule has 0 spiro atoms. The van der Waals surface area contributed by atoms with Crippen molar-refractivity contribution in [2.75, 3.05) is 23.4 Å². The Morgan fingerprint density at radius 3 is 2.57 bits per heavy atom. The van der Waals surface area contributed by atoms with Crippen LogP contribution in [-0.4, -0.2) is 46.9 Å². The van der Waals surface area contributed by atoms with Crippen LogP contribution in [0, 0.1) is 0 Å². The average molecular weight is 499 g/mol. The molecule has 1 N–H and O–H groups in total. The van der Waals surface area contributed by atoms with Crippen molar-refractivity contribution < 1.29 is 14.3 Å². The van der Waals surface area contributed by atoms with Crippen molar-refractivity contribution in [3.05, 3.63) is 78.0 Å². The number of aromatic nitrogens is 1. The van der Waals surface area contributed by atoms with Gasteiger partial charge in [-0.2, -0.15) is 0 Å². The first-order chi connectivity index (χ1) is 18.0. The lowest BCUT2D eigenvalue weighted by atomic mass is 9.97. The van der Waals surface area contributed by atoms with Crippen molar-refractivity contribution in [1.29, 1.82) is 0 Å². The van der Waals surface area contributed by atoms with Crippen molar-refractivity contribution in [2.45, 2.75) is 58.0 Å². The van der Waals surface area contributed by atoms with Gasteiger partial charge in [-0.05, 0) is 75.1 Å². The fourth-order valence-electron chi connectivity index (χ4n) is 5.40. The normalized spacial score (nSPS) is 19.4. The number of ether oxygens (including phenoxy) is 1. The number of benzene rings is 2. The lowest BCUT2D eigenvalue weighted by molar-refractivity contribution is -0.117. The van der Waals surface area contributed by atoms with E-state index < -0.39 is 0 Å². The Hall–Kier alpha value is -3.71. The van der Waals surface area contributed by atoms with Gasteiger partial charge in [-0.1, -0.05) is 30.7 Å². The molecule has 1 saturated heterocycles. The summed E-state index contributed by atoms with van der Waals surface area (Å²) in [7, 11) is 0. The van der Waals surface area contributed by atoms with Gasteiger partial charge >= 0.3 is 0 Å². The van der Waals surface area contributed by atoms with E-state index in [9.17, 15) is 9.59 Å². The smallest absolute Gasteiger partial charge is 0.257 e. The van der Waals surface area contributed by atoms with Crippen molar-refractivity contribution >= 4 is 29.0 Å². The number of anilines is 3. The summed E-state index contributed by atoms with van der Waals surface area (Å²) in [6, 6.07) is 19.6. The molecule has 5 rings (SSSR count). The van der Waals surface area contributed by atoms with E-state index in [4.69, 9.17) is 4.74 Å². The van der Waals surface area contributed by atoms with Gasteiger partial charge in [-0.3, -0.25) is 19.4 Å². The van der Waals surface area contributed by atoms with Crippen molar-refractivity contribution in [1.82, 2.24) is 9.88 Å². The predicted molar refractivity (Wildman–Crippen MR) is 146 cm³/mol. The Labute approximate surface area is 218 Å². The van der Waals surface area contributed by atoms with Gasteiger partial charge in [-0.25, -0.2) is 4.98 Å². The standard InChI is InChI=1S/C30H34N4O3/c1-21-8-5-9-22(2)33(21)18-7-19-37-24-15-13-23(14-16-24)20-28(35)34-27-12-4-3-10-25(27)30(36)32-26-11-6-17-31-29(26)34/h3-4,6,10-17,21-22H,5,7-9,18-20H2,1-2H3,(H,32,36). The Balaban J connectivity index is 1.23. The molecule has 2 amide bonds. The van der Waals surface area contributed by atoms with Gasteiger partial charge in [0.05, 0.1) is 30.0 Å². The number of piperidine rings is 1. The first-order valence-electron chi connectivity index (χ1n) is 13.2. The average Bonchev–Trinajstić information content (AvgIpc) is 3.02. The number of para-hydroxylation sites is 1. The number of hydrogen-bond acceptors (Lipinski definition) is 5. The number of likely N-dealkylation sites (tertiary alicyclic amines) is 1. The zero-order valence-electron chi connectivity index (χ0n) is 21.5. The summed E-state index contributed by atoms with van der Waals surface area (Å²) in [6.07, 6.45) is 6.67. The number of carbonyl (C=O) groups excluding carboxylic acids is 2. The molecular weight excluding hydrogens is 464 g/mol. The van der Waals surface area contributed by atoms with E-state index in [2.05, 4.69) is 29.0 Å². The number of fused-ring (bicyclic) bond motifs is 2. The summed E-state index contributed by atoms with van der Waals surface area (Å²) < 4.78 is 5.99. The topological polar surface area (TPSA) is 74.8 Å². The van der Waals surface area contributed by atoms with Gasteiger partial charge in [0.1, 0.15) is 5.75 Å². The molecule has 192 valence electrons. The highest BCUT2D eigenvalue weighted by atomic mass is 16.5. The maximum absolute atomic E-state index is 13.6. The fraction of sp³-hybridized carbons (Fsp3) is 0.367. The number of nitrogens with zero attached hydrogens (tertiary/aromatic N) is 3. The molecule has 0 saturated carbocycles. The van der Waals surface area contributed by atoms with Crippen molar-refractivity contribution in [2.24, 2.45) is 0 Å². The molecule has 0 radical (unpaired) electrons. The van der Waals surface area contributed by atoms with Crippen LogP contribution in [0.3, 0.4) is 0 Å². The molecule has 2 aliphatic heterocycles. The third-order valence-electron chi connectivity index (χ3n) is 7.37. The van der Waals surface area contributed by atoms with Crippen LogP contribution >= 0.6 is 0 Å². The summed E-state index contributed by atoms with van der Waals surface area (Å²) in [6.45, 7) is 6.37. The molecule has 37 heavy (non-hydrogen) atoms. The minimum Gasteiger partial charge on any atom is -0.494 e. The number of hydrogen-bond donors (Lipinski definition) is 1. The molecule has 7 heteroatoms. The quantitative estimate of drug-likeness (QED) is 0.430. The zero-order chi connectivity index (χ0) is 25.8. The molecule has 2 aromatic carbocycles. The molecule has 2 atom stereocenters. The molecule has 2 unspecified atom stereocenters. The number of rotatable bonds is 7. The largest absolute Gasteiger partial charge is 0.494 e. The number of pyridine rings is 1. The van der Waals surface area contributed by atoms with E-state index >= 15 is 0 Å². The second-order valence-corrected chi connectivity index (χ2v) is 9.96. The van der Waals surface area contributed by atoms with Crippen LogP contribution in [-0.2, 0) is 11.2 Å². The van der Waals surface area contributed by atoms with Gasteiger partial charge in [0, 0.05) is 24.8 Å². The van der Waals surface area contributed by atoms with E-state index in [1.165, 1.54) is 24.2 Å². The lowest BCUT2D eigenvalue weighted by Crippen LogP contribution is -2.44. The van der Waals surface area contributed by atoms with E-state index in [1.807, 2.05) is 30.3 Å². The molecule has 7 nitrogen and oxygen atoms in total. The predicted octanol–water partition coefficient (Wildman–Crippen LogP) is 5.59. The lowest BCUT2D eigenvalue weighted by Gasteiger charge is -2.39. The van der Waals surface area contributed by atoms with Gasteiger partial charge in [0.15, 0.2) is 5.82 Å². The summed E-state index contributed by atoms with van der Waals surface area (Å²) >= 11 is 0. The summed E-state index contributed by atoms with van der Waals surface area (Å²) in [5.74, 6) is 0.800. The monoisotopic (exact) mass is 498 g/mol. The summed E-state index contributed by atoms with van der Waals surface area (Å²) in [4.78, 5) is 34.9. The first-order valence-corrected chi connectivity index (χ1v) is 13.2. The second kappa shape index (κ2) is 11.1. The van der Waals surface area contributed by atoms with E-state index in [1.54, 1.807) is 36.5 Å². The molecule has 1 fully saturated rings. The maximum atomic E-state index is 13.6. The molecule has 0 aliphatic carbocycles. The Morgan fingerprint density at radius 2 is 1.78 bits per heavy atom. The van der Waals surface area contributed by atoms with Gasteiger partial charge in [-0.15, -0.1) is 0 Å². The van der Waals surface area contributed by atoms with Gasteiger partial charge < -0.3 is 10.1 Å². The summed E-state index contributed by atoms with van der Waals surface area (Å²) in [5.41, 5.74) is 2.34. The van der Waals surface area contributed by atoms with E-state index in [0.29, 0.717) is 41.4 Å². The highest BCUT2D eigenvalue weighted by Gasteiger charge is 2.30. The Morgan fingerprint density at radius 1 is 1.03 bits per heavy atom. The van der Waals surface area contributed by atoms with Crippen LogP contribution in [0.4, 0.5) is 17.2 Å². The Kier molecular flexibility index (Phi) is 7.51. The van der Waals surface area contributed by atoms with Crippen LogP contribution < -0.4 is 15.0 Å². The molecule has 0 bridgehead atoms. The highest BCUT2D eigenvalue weighted by molar-refractivity contribution is 6.17. The minimum atomic E-state index is -0.258. The third kappa shape index (κ3) is 5.52. The first kappa shape index (κ1) is 25.0. The van der Waals surface area contributed by atoms with Crippen LogP contribution in [0.15, 0.2) is 66.9 Å². The minimum absolute atomic E-state index is 0.165. The zero-order valence-corrected chi connectivity index (χ0v) is 21.5. The second-order valence-electron chi connectivity index (χ2n) is 9.96. The maximum Gasteiger partial charge on any atom is 0.257 e. The molecular formula is C30H34N4O3. The third-order valence-corrected chi connectivity index (χ3v) is 7.37. The SMILES string of the molecule is CC1CCCC(C)N1CCCOc1ccc(CC(=O)N2c3ccccc3C(=O)Nc3cccnc32)cc1. The highest BCUT2D eigenvalue weighted by Crippen LogP contribution is 2.36. The van der Waals surface area contributed by atoms with Crippen LogP contribution in [0.5, 0.6) is 5.75 Å². The molecule has 3 heterocycles. The van der Waals surface area contributed by atoms with E-state index in [-0.39, 0.29) is 18.2 Å². The molecule has 3 aromatic rings. The molecule has 2 aliphatic rings. The number of amides is 2. The van der Waals surface area contributed by atoms with Crippen LogP contribution in [0.2, 0.25) is 0 Å². The Bertz CT molecular complexity index is 1250. The van der Waals surface area contributed by atoms with Crippen LogP contribution in [0.1, 0.15) is 55.5 Å². The van der Waals surface area contributed by atoms with Gasteiger partial charge in [0.25, 0.3) is 5.91 Å². The van der Waals surface area contributed by atoms with Crippen molar-refractivity contribution in [3.8, 4) is 5.75 Å². The van der Waals surface area contributed by atoms with Crippen molar-refractivity contribution in [3.63, 3.8) is 0 Å². The number of nitrogens with one attached hydrogen (secondary N) is 1. The van der Waals surface area contributed by atoms with E-state index in [0.717, 1.165) is 24.3 Å². The fourth-order valence-corrected chi connectivity index (χ4v) is 5.40. The number of carbonyl (C=O) groups is 2. The summed E-state index contributed by atoms with van der Waals surface area (Å²) in [5, 5.41) is 2.87. The van der Waals surface area contributed by atoms with Gasteiger partial charge in [0.2, 0.25) is 5.91 Å². The molecule has 1 aromatic heterocycles.